The first kappa shape index (κ1) is 14.5. The van der Waals surface area contributed by atoms with Gasteiger partial charge in [-0.05, 0) is 12.1 Å². The van der Waals surface area contributed by atoms with Crippen molar-refractivity contribution in [2.45, 2.75) is 0 Å². The summed E-state index contributed by atoms with van der Waals surface area (Å²) >= 11 is 0. The minimum absolute atomic E-state index is 0.0395. The monoisotopic (exact) mass is 321 g/mol. The van der Waals surface area contributed by atoms with E-state index in [1.54, 1.807) is 0 Å². The number of H-pyrrole nitrogens is 1. The van der Waals surface area contributed by atoms with Gasteiger partial charge in [0, 0.05) is 16.5 Å². The number of hydrogen-bond acceptors (Lipinski definition) is 5. The highest BCUT2D eigenvalue weighted by Crippen LogP contribution is 2.35. The lowest BCUT2D eigenvalue weighted by Gasteiger charge is -2.04. The molecule has 0 unspecified atom stereocenters. The van der Waals surface area contributed by atoms with Crippen molar-refractivity contribution in [3.8, 4) is 5.88 Å². The molecule has 120 valence electrons. The topological polar surface area (TPSA) is 90.2 Å². The number of aliphatic imine (C=N–C) groups is 1. The van der Waals surface area contributed by atoms with E-state index in [4.69, 9.17) is 9.94 Å². The molecule has 1 aliphatic rings. The zero-order valence-electron chi connectivity index (χ0n) is 12.7. The van der Waals surface area contributed by atoms with Gasteiger partial charge in [-0.2, -0.15) is 0 Å². The number of aromatic nitrogens is 1. The Morgan fingerprint density at radius 2 is 1.88 bits per heavy atom. The Labute approximate surface area is 137 Å². The molecule has 2 aromatic carbocycles. The predicted molar refractivity (Wildman–Crippen MR) is 92.2 cm³/mol. The third kappa shape index (κ3) is 2.24. The number of oxime groups is 1. The average molecular weight is 321 g/mol. The lowest BCUT2D eigenvalue weighted by Crippen LogP contribution is -2.14. The second-order valence-electron chi connectivity index (χ2n) is 5.37. The van der Waals surface area contributed by atoms with E-state index in [2.05, 4.69) is 15.1 Å². The quantitative estimate of drug-likeness (QED) is 0.510. The van der Waals surface area contributed by atoms with E-state index in [0.29, 0.717) is 17.0 Å². The molecule has 0 spiro atoms. The van der Waals surface area contributed by atoms with Gasteiger partial charge in [-0.25, -0.2) is 4.99 Å². The number of rotatable bonds is 4. The fourth-order valence-electron chi connectivity index (χ4n) is 2.86. The third-order valence-electron chi connectivity index (χ3n) is 3.88. The minimum Gasteiger partial charge on any atom is -0.494 e. The first-order valence-electron chi connectivity index (χ1n) is 7.59. The number of aliphatic hydroxyl groups is 1. The van der Waals surface area contributed by atoms with Gasteiger partial charge in [0.1, 0.15) is 18.0 Å². The largest absolute Gasteiger partial charge is 0.494 e. The molecule has 0 atom stereocenters. The molecular formula is C18H15N3O3. The van der Waals surface area contributed by atoms with Crippen LogP contribution in [-0.4, -0.2) is 39.8 Å². The van der Waals surface area contributed by atoms with Crippen LogP contribution in [0.5, 0.6) is 5.88 Å². The summed E-state index contributed by atoms with van der Waals surface area (Å²) in [6.07, 6.45) is 0. The first-order valence-corrected chi connectivity index (χ1v) is 7.59. The number of fused-ring (bicyclic) bond motifs is 2. The van der Waals surface area contributed by atoms with Gasteiger partial charge in [0.15, 0.2) is 5.88 Å². The molecule has 1 aromatic heterocycles. The van der Waals surface area contributed by atoms with Crippen LogP contribution in [0.4, 0.5) is 5.69 Å². The standard InChI is InChI=1S/C18H15N3O3/c22-9-10-24-21-16-12-6-2-4-8-14(12)19-17(16)15-11-5-1-3-7-13(11)20-18(15)23/h1-8,20,22-23H,9-10H2/b21-16+. The maximum atomic E-state index is 10.4. The van der Waals surface area contributed by atoms with Gasteiger partial charge in [0.05, 0.1) is 17.9 Å². The number of aromatic hydroxyl groups is 1. The molecule has 0 bridgehead atoms. The molecular weight excluding hydrogens is 306 g/mol. The van der Waals surface area contributed by atoms with Gasteiger partial charge in [0.25, 0.3) is 0 Å². The predicted octanol–water partition coefficient (Wildman–Crippen LogP) is 2.72. The summed E-state index contributed by atoms with van der Waals surface area (Å²) in [5.74, 6) is 0.0395. The molecule has 3 N–H and O–H groups in total. The Morgan fingerprint density at radius 1 is 1.08 bits per heavy atom. The van der Waals surface area contributed by atoms with Crippen LogP contribution in [0.2, 0.25) is 0 Å². The molecule has 0 aliphatic carbocycles. The number of hydrogen-bond donors (Lipinski definition) is 3. The van der Waals surface area contributed by atoms with Gasteiger partial charge < -0.3 is 20.0 Å². The van der Waals surface area contributed by atoms with Gasteiger partial charge >= 0.3 is 0 Å². The number of para-hydroxylation sites is 2. The van der Waals surface area contributed by atoms with Crippen molar-refractivity contribution in [1.82, 2.24) is 4.98 Å². The fraction of sp³-hybridized carbons (Fsp3) is 0.111. The molecule has 4 rings (SSSR count). The molecule has 0 saturated heterocycles. The van der Waals surface area contributed by atoms with E-state index >= 15 is 0 Å². The number of aliphatic hydroxyl groups excluding tert-OH is 1. The molecule has 2 heterocycles. The van der Waals surface area contributed by atoms with Crippen LogP contribution in [0.15, 0.2) is 58.7 Å². The Bertz CT molecular complexity index is 973. The zero-order chi connectivity index (χ0) is 16.5. The van der Waals surface area contributed by atoms with E-state index in [1.165, 1.54) is 0 Å². The highest BCUT2D eigenvalue weighted by atomic mass is 16.6. The van der Waals surface area contributed by atoms with Crippen molar-refractivity contribution < 1.29 is 15.1 Å². The second kappa shape index (κ2) is 5.82. The SMILES string of the molecule is OCCO/N=C1/C(c2c(O)[nH]c3ccccc23)=Nc2ccccc21. The van der Waals surface area contributed by atoms with E-state index in [1.807, 2.05) is 48.5 Å². The molecule has 6 heteroatoms. The maximum Gasteiger partial charge on any atom is 0.199 e. The molecule has 0 fully saturated rings. The van der Waals surface area contributed by atoms with Crippen molar-refractivity contribution >= 4 is 28.0 Å². The smallest absolute Gasteiger partial charge is 0.199 e. The van der Waals surface area contributed by atoms with E-state index in [0.717, 1.165) is 22.2 Å². The molecule has 1 aliphatic heterocycles. The zero-order valence-corrected chi connectivity index (χ0v) is 12.7. The summed E-state index contributed by atoms with van der Waals surface area (Å²) in [5.41, 5.74) is 4.09. The summed E-state index contributed by atoms with van der Waals surface area (Å²) in [4.78, 5) is 12.8. The normalized spacial score (nSPS) is 14.9. The van der Waals surface area contributed by atoms with Crippen LogP contribution in [0.1, 0.15) is 11.1 Å². The van der Waals surface area contributed by atoms with Crippen LogP contribution in [-0.2, 0) is 4.84 Å². The van der Waals surface area contributed by atoms with Gasteiger partial charge in [0.2, 0.25) is 0 Å². The lowest BCUT2D eigenvalue weighted by molar-refractivity contribution is 0.0992. The lowest BCUT2D eigenvalue weighted by atomic mass is 10.0. The highest BCUT2D eigenvalue weighted by Gasteiger charge is 2.28. The highest BCUT2D eigenvalue weighted by molar-refractivity contribution is 6.58. The molecule has 0 amide bonds. The number of benzene rings is 2. The molecule has 3 aromatic rings. The van der Waals surface area contributed by atoms with Gasteiger partial charge in [-0.3, -0.25) is 0 Å². The number of nitrogens with zero attached hydrogens (tertiary/aromatic N) is 2. The van der Waals surface area contributed by atoms with Crippen molar-refractivity contribution in [2.24, 2.45) is 10.1 Å². The second-order valence-corrected chi connectivity index (χ2v) is 5.37. The average Bonchev–Trinajstić information content (AvgIpc) is 3.12. The van der Waals surface area contributed by atoms with Crippen LogP contribution in [0.3, 0.4) is 0 Å². The minimum atomic E-state index is -0.122. The summed E-state index contributed by atoms with van der Waals surface area (Å²) in [6, 6.07) is 15.2. The van der Waals surface area contributed by atoms with Crippen molar-refractivity contribution in [3.05, 3.63) is 59.7 Å². The van der Waals surface area contributed by atoms with E-state index in [-0.39, 0.29) is 19.1 Å². The molecule has 0 saturated carbocycles. The van der Waals surface area contributed by atoms with Crippen molar-refractivity contribution in [2.75, 3.05) is 13.2 Å². The Kier molecular flexibility index (Phi) is 3.51. The number of aromatic amines is 1. The van der Waals surface area contributed by atoms with Crippen LogP contribution in [0, 0.1) is 0 Å². The molecule has 24 heavy (non-hydrogen) atoms. The maximum absolute atomic E-state index is 10.4. The van der Waals surface area contributed by atoms with Crippen LogP contribution < -0.4 is 0 Å². The van der Waals surface area contributed by atoms with E-state index in [9.17, 15) is 5.11 Å². The summed E-state index contributed by atoms with van der Waals surface area (Å²) < 4.78 is 0. The Balaban J connectivity index is 1.89. The Hall–Kier alpha value is -3.12. The fourth-order valence-corrected chi connectivity index (χ4v) is 2.86. The van der Waals surface area contributed by atoms with E-state index < -0.39 is 0 Å². The first-order chi connectivity index (χ1) is 11.8. The summed E-state index contributed by atoms with van der Waals surface area (Å²) in [7, 11) is 0. The van der Waals surface area contributed by atoms with Crippen LogP contribution >= 0.6 is 0 Å². The molecule has 6 nitrogen and oxygen atoms in total. The van der Waals surface area contributed by atoms with Crippen LogP contribution in [0.25, 0.3) is 10.9 Å². The summed E-state index contributed by atoms with van der Waals surface area (Å²) in [5, 5.41) is 24.3. The van der Waals surface area contributed by atoms with Gasteiger partial charge in [-0.1, -0.05) is 41.6 Å². The summed E-state index contributed by atoms with van der Waals surface area (Å²) in [6.45, 7) is -0.0257. The van der Waals surface area contributed by atoms with Crippen molar-refractivity contribution in [3.63, 3.8) is 0 Å². The Morgan fingerprint density at radius 3 is 2.75 bits per heavy atom. The third-order valence-corrected chi connectivity index (χ3v) is 3.88. The van der Waals surface area contributed by atoms with Crippen molar-refractivity contribution in [1.29, 1.82) is 0 Å². The molecule has 0 radical (unpaired) electrons. The van der Waals surface area contributed by atoms with Gasteiger partial charge in [-0.15, -0.1) is 0 Å². The number of nitrogens with one attached hydrogen (secondary N) is 1.